The average Bonchev–Trinajstić information content (AvgIpc) is 2.29. The van der Waals surface area contributed by atoms with E-state index >= 15 is 0 Å². The zero-order valence-corrected chi connectivity index (χ0v) is 10.1. The summed E-state index contributed by atoms with van der Waals surface area (Å²) in [6.45, 7) is 3.73. The average molecular weight is 224 g/mol. The molecule has 2 nitrogen and oxygen atoms in total. The van der Waals surface area contributed by atoms with Gasteiger partial charge in [0.05, 0.1) is 5.69 Å². The first kappa shape index (κ1) is 13.0. The van der Waals surface area contributed by atoms with Gasteiger partial charge in [-0.1, -0.05) is 19.1 Å². The molecule has 1 atom stereocenters. The predicted molar refractivity (Wildman–Crippen MR) is 67.1 cm³/mol. The Bertz CT molecular complexity index is 315. The summed E-state index contributed by atoms with van der Waals surface area (Å²) < 4.78 is 13.4. The molecule has 1 aromatic carbocycles. The monoisotopic (exact) mass is 224 g/mol. The van der Waals surface area contributed by atoms with Crippen molar-refractivity contribution in [1.29, 1.82) is 0 Å². The SMILES string of the molecule is CC(CN)CCCN(C)c1ccccc1F. The summed E-state index contributed by atoms with van der Waals surface area (Å²) in [5.41, 5.74) is 6.22. The lowest BCUT2D eigenvalue weighted by atomic mass is 10.1. The Labute approximate surface area is 97.3 Å². The highest BCUT2D eigenvalue weighted by atomic mass is 19.1. The number of halogens is 1. The zero-order chi connectivity index (χ0) is 12.0. The number of para-hydroxylation sites is 1. The van der Waals surface area contributed by atoms with Crippen molar-refractivity contribution in [3.05, 3.63) is 30.1 Å². The number of hydrogen-bond acceptors (Lipinski definition) is 2. The quantitative estimate of drug-likeness (QED) is 0.805. The lowest BCUT2D eigenvalue weighted by Crippen LogP contribution is -2.21. The molecule has 0 amide bonds. The number of nitrogens with two attached hydrogens (primary N) is 1. The predicted octanol–water partition coefficient (Wildman–Crippen LogP) is 2.64. The molecule has 0 fully saturated rings. The van der Waals surface area contributed by atoms with Crippen LogP contribution in [0.25, 0.3) is 0 Å². The normalized spacial score (nSPS) is 12.5. The van der Waals surface area contributed by atoms with E-state index in [1.165, 1.54) is 6.07 Å². The van der Waals surface area contributed by atoms with Crippen LogP contribution >= 0.6 is 0 Å². The third-order valence-electron chi connectivity index (χ3n) is 2.86. The summed E-state index contributed by atoms with van der Waals surface area (Å²) in [4.78, 5) is 1.96. The molecule has 0 radical (unpaired) electrons. The van der Waals surface area contributed by atoms with Gasteiger partial charge in [-0.05, 0) is 37.4 Å². The van der Waals surface area contributed by atoms with Gasteiger partial charge in [0.1, 0.15) is 5.82 Å². The van der Waals surface area contributed by atoms with Crippen molar-refractivity contribution in [3.63, 3.8) is 0 Å². The third kappa shape index (κ3) is 3.81. The van der Waals surface area contributed by atoms with Crippen LogP contribution in [0.4, 0.5) is 10.1 Å². The minimum atomic E-state index is -0.156. The fraction of sp³-hybridized carbons (Fsp3) is 0.538. The van der Waals surface area contributed by atoms with Crippen LogP contribution in [0.15, 0.2) is 24.3 Å². The van der Waals surface area contributed by atoms with E-state index in [0.29, 0.717) is 11.6 Å². The van der Waals surface area contributed by atoms with Crippen LogP contribution in [0.3, 0.4) is 0 Å². The second-order valence-electron chi connectivity index (χ2n) is 4.36. The van der Waals surface area contributed by atoms with Crippen molar-refractivity contribution in [3.8, 4) is 0 Å². The Balaban J connectivity index is 2.41. The molecule has 2 N–H and O–H groups in total. The van der Waals surface area contributed by atoms with E-state index in [1.54, 1.807) is 6.07 Å². The molecule has 0 aromatic heterocycles. The van der Waals surface area contributed by atoms with Crippen LogP contribution < -0.4 is 10.6 Å². The van der Waals surface area contributed by atoms with Gasteiger partial charge in [-0.2, -0.15) is 0 Å². The summed E-state index contributed by atoms with van der Waals surface area (Å²) in [6.07, 6.45) is 2.14. The maximum Gasteiger partial charge on any atom is 0.146 e. The van der Waals surface area contributed by atoms with Crippen LogP contribution in [0.5, 0.6) is 0 Å². The van der Waals surface area contributed by atoms with Crippen LogP contribution in [-0.4, -0.2) is 20.1 Å². The Morgan fingerprint density at radius 1 is 1.38 bits per heavy atom. The molecule has 0 saturated heterocycles. The smallest absolute Gasteiger partial charge is 0.146 e. The van der Waals surface area contributed by atoms with Crippen molar-refractivity contribution < 1.29 is 4.39 Å². The van der Waals surface area contributed by atoms with Gasteiger partial charge in [0.2, 0.25) is 0 Å². The van der Waals surface area contributed by atoms with E-state index < -0.39 is 0 Å². The number of benzene rings is 1. The van der Waals surface area contributed by atoms with E-state index in [0.717, 1.165) is 25.9 Å². The molecule has 1 aromatic rings. The molecular formula is C13H21FN2. The summed E-state index contributed by atoms with van der Waals surface area (Å²) in [5, 5.41) is 0. The minimum Gasteiger partial charge on any atom is -0.372 e. The molecule has 0 heterocycles. The zero-order valence-electron chi connectivity index (χ0n) is 10.1. The Morgan fingerprint density at radius 2 is 2.06 bits per heavy atom. The van der Waals surface area contributed by atoms with Gasteiger partial charge in [-0.25, -0.2) is 4.39 Å². The fourth-order valence-electron chi connectivity index (χ4n) is 1.68. The van der Waals surface area contributed by atoms with Crippen molar-refractivity contribution in [2.45, 2.75) is 19.8 Å². The van der Waals surface area contributed by atoms with Gasteiger partial charge in [0.25, 0.3) is 0 Å². The second-order valence-corrected chi connectivity index (χ2v) is 4.36. The molecule has 1 unspecified atom stereocenters. The molecule has 3 heteroatoms. The van der Waals surface area contributed by atoms with Crippen LogP contribution in [0.2, 0.25) is 0 Å². The highest BCUT2D eigenvalue weighted by Crippen LogP contribution is 2.17. The van der Waals surface area contributed by atoms with E-state index in [9.17, 15) is 4.39 Å². The van der Waals surface area contributed by atoms with Crippen molar-refractivity contribution in [2.75, 3.05) is 25.0 Å². The molecule has 16 heavy (non-hydrogen) atoms. The molecule has 1 rings (SSSR count). The first-order valence-electron chi connectivity index (χ1n) is 5.81. The molecule has 0 bridgehead atoms. The molecule has 0 aliphatic heterocycles. The van der Waals surface area contributed by atoms with Crippen LogP contribution in [-0.2, 0) is 0 Å². The van der Waals surface area contributed by atoms with E-state index in [4.69, 9.17) is 5.73 Å². The van der Waals surface area contributed by atoms with Crippen LogP contribution in [0, 0.1) is 11.7 Å². The third-order valence-corrected chi connectivity index (χ3v) is 2.86. The van der Waals surface area contributed by atoms with Gasteiger partial charge in [-0.15, -0.1) is 0 Å². The maximum atomic E-state index is 13.4. The first-order chi connectivity index (χ1) is 7.65. The number of rotatable bonds is 6. The van der Waals surface area contributed by atoms with E-state index in [-0.39, 0.29) is 5.82 Å². The van der Waals surface area contributed by atoms with Gasteiger partial charge in [0.15, 0.2) is 0 Å². The molecule has 0 saturated carbocycles. The number of nitrogens with zero attached hydrogens (tertiary/aromatic N) is 1. The van der Waals surface area contributed by atoms with E-state index in [1.807, 2.05) is 24.1 Å². The number of anilines is 1. The van der Waals surface area contributed by atoms with Gasteiger partial charge in [-0.3, -0.25) is 0 Å². The van der Waals surface area contributed by atoms with Gasteiger partial charge >= 0.3 is 0 Å². The lowest BCUT2D eigenvalue weighted by molar-refractivity contribution is 0.519. The number of hydrogen-bond donors (Lipinski definition) is 1. The molecular weight excluding hydrogens is 203 g/mol. The summed E-state index contributed by atoms with van der Waals surface area (Å²) in [7, 11) is 1.92. The summed E-state index contributed by atoms with van der Waals surface area (Å²) >= 11 is 0. The lowest BCUT2D eigenvalue weighted by Gasteiger charge is -2.20. The van der Waals surface area contributed by atoms with Crippen molar-refractivity contribution in [1.82, 2.24) is 0 Å². The minimum absolute atomic E-state index is 0.156. The topological polar surface area (TPSA) is 29.3 Å². The highest BCUT2D eigenvalue weighted by molar-refractivity contribution is 5.46. The largest absolute Gasteiger partial charge is 0.372 e. The Hall–Kier alpha value is -1.09. The maximum absolute atomic E-state index is 13.4. The van der Waals surface area contributed by atoms with Crippen molar-refractivity contribution >= 4 is 5.69 Å². The first-order valence-corrected chi connectivity index (χ1v) is 5.81. The summed E-state index contributed by atoms with van der Waals surface area (Å²) in [5.74, 6) is 0.394. The summed E-state index contributed by atoms with van der Waals surface area (Å²) in [6, 6.07) is 6.87. The molecule has 0 aliphatic rings. The molecule has 90 valence electrons. The van der Waals surface area contributed by atoms with Crippen molar-refractivity contribution in [2.24, 2.45) is 11.7 Å². The Morgan fingerprint density at radius 3 is 2.69 bits per heavy atom. The second kappa shape index (κ2) is 6.48. The highest BCUT2D eigenvalue weighted by Gasteiger charge is 2.06. The standard InChI is InChI=1S/C13H21FN2/c1-11(10-15)6-5-9-16(2)13-8-4-3-7-12(13)14/h3-4,7-8,11H,5-6,9-10,15H2,1-2H3. The fourth-order valence-corrected chi connectivity index (χ4v) is 1.68. The van der Waals surface area contributed by atoms with Gasteiger partial charge in [0, 0.05) is 13.6 Å². The van der Waals surface area contributed by atoms with Gasteiger partial charge < -0.3 is 10.6 Å². The van der Waals surface area contributed by atoms with E-state index in [2.05, 4.69) is 6.92 Å². The molecule has 0 spiro atoms. The Kier molecular flexibility index (Phi) is 5.26. The van der Waals surface area contributed by atoms with Crippen LogP contribution in [0.1, 0.15) is 19.8 Å². The molecule has 0 aliphatic carbocycles.